The molecule has 0 aliphatic rings. The molecule has 0 aliphatic carbocycles. The zero-order valence-corrected chi connectivity index (χ0v) is 16.0. The Hall–Kier alpha value is -2.45. The second kappa shape index (κ2) is 9.16. The Morgan fingerprint density at radius 2 is 1.54 bits per heavy atom. The van der Waals surface area contributed by atoms with Gasteiger partial charge in [-0.25, -0.2) is 0 Å². The third kappa shape index (κ3) is 5.08. The summed E-state index contributed by atoms with van der Waals surface area (Å²) < 4.78 is 44.0. The Morgan fingerprint density at radius 3 is 2.14 bits per heavy atom. The second-order valence-electron chi connectivity index (χ2n) is 5.49. The predicted octanol–water partition coefficient (Wildman–Crippen LogP) is 4.18. The fourth-order valence-electron chi connectivity index (χ4n) is 2.41. The van der Waals surface area contributed by atoms with E-state index in [0.29, 0.717) is 0 Å². The SMILES string of the molecule is COc1c(Cl)ccc(Cl)c1C(=O)NCCNC(=O)c1ccccc1C(F)(F)F. The Morgan fingerprint density at radius 1 is 0.964 bits per heavy atom. The number of hydrogen-bond acceptors (Lipinski definition) is 3. The summed E-state index contributed by atoms with van der Waals surface area (Å²) in [6, 6.07) is 7.33. The van der Waals surface area contributed by atoms with Crippen molar-refractivity contribution in [3.05, 3.63) is 63.1 Å². The van der Waals surface area contributed by atoms with Crippen molar-refractivity contribution in [2.75, 3.05) is 20.2 Å². The molecule has 0 radical (unpaired) electrons. The van der Waals surface area contributed by atoms with Crippen LogP contribution in [0.15, 0.2) is 36.4 Å². The minimum Gasteiger partial charge on any atom is -0.494 e. The van der Waals surface area contributed by atoms with Crippen molar-refractivity contribution in [3.8, 4) is 5.75 Å². The number of carbonyl (C=O) groups excluding carboxylic acids is 2. The molecule has 0 saturated heterocycles. The molecule has 0 spiro atoms. The quantitative estimate of drug-likeness (QED) is 0.670. The summed E-state index contributed by atoms with van der Waals surface area (Å²) in [6.45, 7) is -0.151. The number of methoxy groups -OCH3 is 1. The molecule has 0 bridgehead atoms. The smallest absolute Gasteiger partial charge is 0.417 e. The highest BCUT2D eigenvalue weighted by atomic mass is 35.5. The number of halogens is 5. The van der Waals surface area contributed by atoms with Gasteiger partial charge in [0.25, 0.3) is 11.8 Å². The van der Waals surface area contributed by atoms with Crippen LogP contribution < -0.4 is 15.4 Å². The van der Waals surface area contributed by atoms with Gasteiger partial charge in [-0.05, 0) is 24.3 Å². The van der Waals surface area contributed by atoms with E-state index in [9.17, 15) is 22.8 Å². The zero-order valence-electron chi connectivity index (χ0n) is 14.5. The fourth-order valence-corrected chi connectivity index (χ4v) is 2.88. The van der Waals surface area contributed by atoms with Crippen molar-refractivity contribution in [1.29, 1.82) is 0 Å². The molecular weight excluding hydrogens is 420 g/mol. The van der Waals surface area contributed by atoms with Crippen molar-refractivity contribution < 1.29 is 27.5 Å². The highest BCUT2D eigenvalue weighted by Gasteiger charge is 2.34. The van der Waals surface area contributed by atoms with Gasteiger partial charge in [-0.2, -0.15) is 13.2 Å². The van der Waals surface area contributed by atoms with Gasteiger partial charge < -0.3 is 15.4 Å². The first-order valence-electron chi connectivity index (χ1n) is 7.91. The van der Waals surface area contributed by atoms with E-state index in [1.807, 2.05) is 0 Å². The summed E-state index contributed by atoms with van der Waals surface area (Å²) in [5.74, 6) is -1.41. The Kier molecular flexibility index (Phi) is 7.15. The number of amides is 2. The number of rotatable bonds is 6. The molecule has 2 rings (SSSR count). The van der Waals surface area contributed by atoms with E-state index in [0.717, 1.165) is 12.1 Å². The third-order valence-electron chi connectivity index (χ3n) is 3.66. The number of ether oxygens (including phenoxy) is 1. The van der Waals surface area contributed by atoms with Crippen molar-refractivity contribution in [1.82, 2.24) is 10.6 Å². The first-order chi connectivity index (χ1) is 13.2. The average Bonchev–Trinajstić information content (AvgIpc) is 2.65. The van der Waals surface area contributed by atoms with E-state index in [-0.39, 0.29) is 34.4 Å². The van der Waals surface area contributed by atoms with Gasteiger partial charge >= 0.3 is 6.18 Å². The molecule has 150 valence electrons. The van der Waals surface area contributed by atoms with Crippen LogP contribution in [0.5, 0.6) is 5.75 Å². The van der Waals surface area contributed by atoms with Crippen LogP contribution in [-0.2, 0) is 6.18 Å². The maximum Gasteiger partial charge on any atom is 0.417 e. The number of carbonyl (C=O) groups is 2. The molecule has 0 aromatic heterocycles. The van der Waals surface area contributed by atoms with E-state index in [4.69, 9.17) is 27.9 Å². The van der Waals surface area contributed by atoms with Gasteiger partial charge in [-0.1, -0.05) is 35.3 Å². The van der Waals surface area contributed by atoms with Crippen molar-refractivity contribution in [3.63, 3.8) is 0 Å². The van der Waals surface area contributed by atoms with Crippen molar-refractivity contribution in [2.45, 2.75) is 6.18 Å². The largest absolute Gasteiger partial charge is 0.494 e. The van der Waals surface area contributed by atoms with Crippen LogP contribution in [-0.4, -0.2) is 32.0 Å². The van der Waals surface area contributed by atoms with Gasteiger partial charge in [0.1, 0.15) is 5.56 Å². The van der Waals surface area contributed by atoms with Gasteiger partial charge in [-0.3, -0.25) is 9.59 Å². The molecule has 0 aliphatic heterocycles. The van der Waals surface area contributed by atoms with E-state index < -0.39 is 29.1 Å². The molecule has 0 fully saturated rings. The molecule has 2 amide bonds. The molecule has 0 saturated carbocycles. The maximum absolute atomic E-state index is 13.0. The summed E-state index contributed by atoms with van der Waals surface area (Å²) in [4.78, 5) is 24.3. The van der Waals surface area contributed by atoms with Crippen LogP contribution in [0.2, 0.25) is 10.0 Å². The average molecular weight is 435 g/mol. The van der Waals surface area contributed by atoms with Crippen molar-refractivity contribution >= 4 is 35.0 Å². The lowest BCUT2D eigenvalue weighted by Crippen LogP contribution is -2.35. The number of nitrogens with one attached hydrogen (secondary N) is 2. The molecule has 28 heavy (non-hydrogen) atoms. The van der Waals surface area contributed by atoms with E-state index in [1.54, 1.807) is 0 Å². The van der Waals surface area contributed by atoms with E-state index in [2.05, 4.69) is 10.6 Å². The van der Waals surface area contributed by atoms with Crippen LogP contribution in [0.3, 0.4) is 0 Å². The van der Waals surface area contributed by atoms with Crippen LogP contribution in [0.1, 0.15) is 26.3 Å². The minimum atomic E-state index is -4.65. The van der Waals surface area contributed by atoms with E-state index >= 15 is 0 Å². The molecule has 10 heteroatoms. The Balaban J connectivity index is 1.98. The summed E-state index contributed by atoms with van der Waals surface area (Å²) in [5, 5.41) is 5.13. The standard InChI is InChI=1S/C18H15Cl2F3N2O3/c1-28-15-13(20)7-6-12(19)14(15)17(27)25-9-8-24-16(26)10-4-2-3-5-11(10)18(21,22)23/h2-7H,8-9H2,1H3,(H,24,26)(H,25,27). The summed E-state index contributed by atoms with van der Waals surface area (Å²) in [6.07, 6.45) is -4.65. The van der Waals surface area contributed by atoms with Gasteiger partial charge in [0.2, 0.25) is 0 Å². The lowest BCUT2D eigenvalue weighted by Gasteiger charge is -2.14. The molecule has 2 aromatic carbocycles. The molecular formula is C18H15Cl2F3N2O3. The number of alkyl halides is 3. The maximum atomic E-state index is 13.0. The first-order valence-corrected chi connectivity index (χ1v) is 8.67. The molecule has 0 atom stereocenters. The summed E-state index contributed by atoms with van der Waals surface area (Å²) in [5.41, 5.74) is -1.52. The van der Waals surface area contributed by atoms with Crippen LogP contribution in [0, 0.1) is 0 Å². The van der Waals surface area contributed by atoms with Gasteiger partial charge in [0.05, 0.1) is 28.3 Å². The molecule has 2 aromatic rings. The highest BCUT2D eigenvalue weighted by molar-refractivity contribution is 6.37. The van der Waals surface area contributed by atoms with E-state index in [1.165, 1.54) is 31.4 Å². The second-order valence-corrected chi connectivity index (χ2v) is 6.31. The normalized spacial score (nSPS) is 11.1. The topological polar surface area (TPSA) is 67.4 Å². The van der Waals surface area contributed by atoms with Crippen LogP contribution in [0.4, 0.5) is 13.2 Å². The summed E-state index contributed by atoms with van der Waals surface area (Å²) >= 11 is 12.0. The van der Waals surface area contributed by atoms with Gasteiger partial charge in [-0.15, -0.1) is 0 Å². The first kappa shape index (κ1) is 21.8. The Bertz CT molecular complexity index is 889. The van der Waals surface area contributed by atoms with Crippen molar-refractivity contribution in [2.24, 2.45) is 0 Å². The number of hydrogen-bond donors (Lipinski definition) is 2. The summed E-state index contributed by atoms with van der Waals surface area (Å²) in [7, 11) is 1.33. The molecule has 0 unspecified atom stereocenters. The molecule has 0 heterocycles. The Labute approximate surface area is 168 Å². The zero-order chi connectivity index (χ0) is 20.9. The molecule has 5 nitrogen and oxygen atoms in total. The van der Waals surface area contributed by atoms with Gasteiger partial charge in [0.15, 0.2) is 5.75 Å². The van der Waals surface area contributed by atoms with Crippen LogP contribution >= 0.6 is 23.2 Å². The van der Waals surface area contributed by atoms with Gasteiger partial charge in [0, 0.05) is 13.1 Å². The third-order valence-corrected chi connectivity index (χ3v) is 4.28. The lowest BCUT2D eigenvalue weighted by atomic mass is 10.1. The molecule has 2 N–H and O–H groups in total. The van der Waals surface area contributed by atoms with Crippen LogP contribution in [0.25, 0.3) is 0 Å². The lowest BCUT2D eigenvalue weighted by molar-refractivity contribution is -0.137. The predicted molar refractivity (Wildman–Crippen MR) is 99.1 cm³/mol. The number of benzene rings is 2. The minimum absolute atomic E-state index is 0.0189. The highest BCUT2D eigenvalue weighted by Crippen LogP contribution is 2.34. The monoisotopic (exact) mass is 434 g/mol. The fraction of sp³-hybridized carbons (Fsp3) is 0.222.